The zero-order valence-electron chi connectivity index (χ0n) is 18.9. The van der Waals surface area contributed by atoms with Crippen molar-refractivity contribution >= 4 is 16.9 Å². The number of furan rings is 1. The fourth-order valence-corrected chi connectivity index (χ4v) is 4.27. The van der Waals surface area contributed by atoms with Crippen LogP contribution in [0.4, 0.5) is 0 Å². The average molecular weight is 421 g/mol. The lowest BCUT2D eigenvalue weighted by Gasteiger charge is -2.35. The van der Waals surface area contributed by atoms with Gasteiger partial charge in [0, 0.05) is 30.6 Å². The van der Waals surface area contributed by atoms with Gasteiger partial charge in [0.1, 0.15) is 5.58 Å². The first-order chi connectivity index (χ1) is 14.9. The highest BCUT2D eigenvalue weighted by atomic mass is 16.5. The molecule has 5 heteroatoms. The van der Waals surface area contributed by atoms with Crippen molar-refractivity contribution in [3.05, 3.63) is 70.5 Å². The van der Waals surface area contributed by atoms with Gasteiger partial charge in [-0.25, -0.2) is 0 Å². The summed E-state index contributed by atoms with van der Waals surface area (Å²) in [6.45, 7) is 12.1. The minimum absolute atomic E-state index is 0.0981. The third kappa shape index (κ3) is 4.68. The van der Waals surface area contributed by atoms with E-state index < -0.39 is 0 Å². The highest BCUT2D eigenvalue weighted by Gasteiger charge is 2.25. The SMILES string of the molecule is Cc1ccc2oc(C(=O)NCC(c3ccc(C(C)C)cc3)N3CCOCC3)c(C)c2c1. The van der Waals surface area contributed by atoms with Crippen molar-refractivity contribution in [2.45, 2.75) is 39.7 Å². The molecule has 1 amide bonds. The van der Waals surface area contributed by atoms with E-state index in [-0.39, 0.29) is 11.9 Å². The lowest BCUT2D eigenvalue weighted by Crippen LogP contribution is -2.43. The Hall–Kier alpha value is -2.63. The van der Waals surface area contributed by atoms with E-state index in [0.29, 0.717) is 18.2 Å². The maximum atomic E-state index is 13.0. The molecule has 0 saturated carbocycles. The molecule has 1 aliphatic rings. The molecule has 2 heterocycles. The quantitative estimate of drug-likeness (QED) is 0.611. The lowest BCUT2D eigenvalue weighted by molar-refractivity contribution is 0.0161. The second-order valence-electron chi connectivity index (χ2n) is 8.75. The van der Waals surface area contributed by atoms with E-state index in [2.05, 4.69) is 54.4 Å². The van der Waals surface area contributed by atoms with Crippen molar-refractivity contribution in [1.82, 2.24) is 10.2 Å². The topological polar surface area (TPSA) is 54.7 Å². The number of hydrogen-bond acceptors (Lipinski definition) is 4. The third-order valence-corrected chi connectivity index (χ3v) is 6.23. The van der Waals surface area contributed by atoms with Crippen LogP contribution < -0.4 is 5.32 Å². The Bertz CT molecular complexity index is 1050. The van der Waals surface area contributed by atoms with E-state index in [9.17, 15) is 4.79 Å². The van der Waals surface area contributed by atoms with Gasteiger partial charge in [-0.3, -0.25) is 9.69 Å². The van der Waals surface area contributed by atoms with Crippen LogP contribution in [0.2, 0.25) is 0 Å². The largest absolute Gasteiger partial charge is 0.451 e. The van der Waals surface area contributed by atoms with Crippen molar-refractivity contribution in [3.8, 4) is 0 Å². The van der Waals surface area contributed by atoms with E-state index in [1.165, 1.54) is 11.1 Å². The van der Waals surface area contributed by atoms with Crippen LogP contribution in [0.5, 0.6) is 0 Å². The summed E-state index contributed by atoms with van der Waals surface area (Å²) in [4.78, 5) is 15.4. The van der Waals surface area contributed by atoms with Gasteiger partial charge < -0.3 is 14.5 Å². The van der Waals surface area contributed by atoms with Gasteiger partial charge in [-0.2, -0.15) is 0 Å². The summed E-state index contributed by atoms with van der Waals surface area (Å²) in [6, 6.07) is 14.9. The van der Waals surface area contributed by atoms with Crippen LogP contribution in [0.1, 0.15) is 58.6 Å². The first-order valence-electron chi connectivity index (χ1n) is 11.1. The number of rotatable bonds is 6. The summed E-state index contributed by atoms with van der Waals surface area (Å²) in [7, 11) is 0. The maximum Gasteiger partial charge on any atom is 0.287 e. The molecule has 1 saturated heterocycles. The molecule has 1 fully saturated rings. The van der Waals surface area contributed by atoms with E-state index in [1.54, 1.807) is 0 Å². The molecule has 5 nitrogen and oxygen atoms in total. The monoisotopic (exact) mass is 420 g/mol. The molecular weight excluding hydrogens is 388 g/mol. The zero-order chi connectivity index (χ0) is 22.0. The van der Waals surface area contributed by atoms with E-state index in [1.807, 2.05) is 26.0 Å². The molecule has 1 aromatic heterocycles. The van der Waals surface area contributed by atoms with Crippen molar-refractivity contribution < 1.29 is 13.9 Å². The van der Waals surface area contributed by atoms with Crippen LogP contribution in [0.25, 0.3) is 11.0 Å². The van der Waals surface area contributed by atoms with Crippen LogP contribution in [-0.2, 0) is 4.74 Å². The Kier molecular flexibility index (Phi) is 6.44. The minimum atomic E-state index is -0.164. The Morgan fingerprint density at radius 3 is 2.39 bits per heavy atom. The van der Waals surface area contributed by atoms with Gasteiger partial charge in [-0.15, -0.1) is 0 Å². The van der Waals surface area contributed by atoms with Gasteiger partial charge in [0.25, 0.3) is 5.91 Å². The van der Waals surface area contributed by atoms with Crippen LogP contribution in [0, 0.1) is 13.8 Å². The van der Waals surface area contributed by atoms with Gasteiger partial charge in [0.15, 0.2) is 5.76 Å². The molecule has 0 aliphatic carbocycles. The minimum Gasteiger partial charge on any atom is -0.451 e. The van der Waals surface area contributed by atoms with Crippen LogP contribution in [-0.4, -0.2) is 43.7 Å². The number of aryl methyl sites for hydroxylation is 2. The highest BCUT2D eigenvalue weighted by molar-refractivity contribution is 5.99. The van der Waals surface area contributed by atoms with Crippen LogP contribution in [0.15, 0.2) is 46.9 Å². The molecule has 1 atom stereocenters. The van der Waals surface area contributed by atoms with E-state index in [0.717, 1.165) is 48.4 Å². The number of carbonyl (C=O) groups excluding carboxylic acids is 1. The van der Waals surface area contributed by atoms with Crippen molar-refractivity contribution in [2.24, 2.45) is 0 Å². The molecule has 31 heavy (non-hydrogen) atoms. The summed E-state index contributed by atoms with van der Waals surface area (Å²) >= 11 is 0. The number of fused-ring (bicyclic) bond motifs is 1. The number of amides is 1. The van der Waals surface area contributed by atoms with Gasteiger partial charge in [0.05, 0.1) is 19.3 Å². The summed E-state index contributed by atoms with van der Waals surface area (Å²) in [5.41, 5.74) is 5.33. The predicted molar refractivity (Wildman–Crippen MR) is 124 cm³/mol. The third-order valence-electron chi connectivity index (χ3n) is 6.23. The Morgan fingerprint density at radius 2 is 1.71 bits per heavy atom. The highest BCUT2D eigenvalue weighted by Crippen LogP contribution is 2.27. The number of ether oxygens (including phenoxy) is 1. The summed E-state index contributed by atoms with van der Waals surface area (Å²) in [6.07, 6.45) is 0. The predicted octanol–water partition coefficient (Wildman–Crippen LogP) is 4.98. The van der Waals surface area contributed by atoms with Gasteiger partial charge >= 0.3 is 0 Å². The molecule has 0 spiro atoms. The van der Waals surface area contributed by atoms with E-state index >= 15 is 0 Å². The zero-order valence-corrected chi connectivity index (χ0v) is 18.9. The molecule has 2 aromatic carbocycles. The lowest BCUT2D eigenvalue weighted by atomic mass is 9.98. The summed E-state index contributed by atoms with van der Waals surface area (Å²) in [5.74, 6) is 0.732. The van der Waals surface area contributed by atoms with Gasteiger partial charge in [0.2, 0.25) is 0 Å². The second-order valence-corrected chi connectivity index (χ2v) is 8.75. The molecule has 3 aromatic rings. The first-order valence-corrected chi connectivity index (χ1v) is 11.1. The standard InChI is InChI=1S/C26H32N2O3/c1-17(2)20-6-8-21(9-7-20)23(28-11-13-30-14-12-28)16-27-26(29)25-19(4)22-15-18(3)5-10-24(22)31-25/h5-10,15,17,23H,11-14,16H2,1-4H3,(H,27,29). The van der Waals surface area contributed by atoms with E-state index in [4.69, 9.17) is 9.15 Å². The molecule has 0 radical (unpaired) electrons. The number of benzene rings is 2. The Morgan fingerprint density at radius 1 is 1.03 bits per heavy atom. The fourth-order valence-electron chi connectivity index (χ4n) is 4.27. The molecule has 1 unspecified atom stereocenters. The molecule has 4 rings (SSSR count). The van der Waals surface area contributed by atoms with Gasteiger partial charge in [-0.05, 0) is 43.0 Å². The van der Waals surface area contributed by atoms with Crippen LogP contribution >= 0.6 is 0 Å². The fraction of sp³-hybridized carbons (Fsp3) is 0.423. The molecule has 1 N–H and O–H groups in total. The molecule has 164 valence electrons. The first kappa shape index (κ1) is 21.6. The summed E-state index contributed by atoms with van der Waals surface area (Å²) < 4.78 is 11.4. The number of nitrogens with one attached hydrogen (secondary N) is 1. The Labute approximate surface area is 184 Å². The number of carbonyl (C=O) groups is 1. The van der Waals surface area contributed by atoms with Gasteiger partial charge in [-0.1, -0.05) is 49.7 Å². The maximum absolute atomic E-state index is 13.0. The number of morpholine rings is 1. The molecular formula is C26H32N2O3. The van der Waals surface area contributed by atoms with Crippen LogP contribution in [0.3, 0.4) is 0 Å². The number of hydrogen-bond donors (Lipinski definition) is 1. The summed E-state index contributed by atoms with van der Waals surface area (Å²) in [5, 5.41) is 4.13. The number of nitrogens with zero attached hydrogens (tertiary/aromatic N) is 1. The average Bonchev–Trinajstić information content (AvgIpc) is 3.11. The normalized spacial score (nSPS) is 16.0. The second kappa shape index (κ2) is 9.25. The molecule has 1 aliphatic heterocycles. The Balaban J connectivity index is 1.54. The van der Waals surface area contributed by atoms with Crippen molar-refractivity contribution in [2.75, 3.05) is 32.8 Å². The molecule has 0 bridgehead atoms. The van der Waals surface area contributed by atoms with Crippen molar-refractivity contribution in [3.63, 3.8) is 0 Å². The smallest absolute Gasteiger partial charge is 0.287 e. The van der Waals surface area contributed by atoms with Crippen molar-refractivity contribution in [1.29, 1.82) is 0 Å².